The highest BCUT2D eigenvalue weighted by Crippen LogP contribution is 2.13. The minimum Gasteiger partial charge on any atom is -0.491 e. The summed E-state index contributed by atoms with van der Waals surface area (Å²) in [7, 11) is 0. The zero-order chi connectivity index (χ0) is 11.3. The highest BCUT2D eigenvalue weighted by molar-refractivity contribution is 5.77. The molecule has 0 heterocycles. The van der Waals surface area contributed by atoms with Gasteiger partial charge in [-0.3, -0.25) is 10.2 Å². The molecular formula is C11H16N2O2. The standard InChI is InChI=1S/C11H16N2O2/c1-8(2)15-10-5-3-9(4-6-10)7-11(14)13-12/h3-6,8H,7,12H2,1-2H3,(H,13,14). The monoisotopic (exact) mass is 208 g/mol. The summed E-state index contributed by atoms with van der Waals surface area (Å²) in [6.07, 6.45) is 0.446. The van der Waals surface area contributed by atoms with E-state index in [0.717, 1.165) is 11.3 Å². The molecule has 0 spiro atoms. The zero-order valence-corrected chi connectivity index (χ0v) is 8.99. The second-order valence-corrected chi connectivity index (χ2v) is 3.55. The predicted octanol–water partition coefficient (Wildman–Crippen LogP) is 1.01. The number of carbonyl (C=O) groups is 1. The van der Waals surface area contributed by atoms with Gasteiger partial charge in [-0.15, -0.1) is 0 Å². The quantitative estimate of drug-likeness (QED) is 0.441. The van der Waals surface area contributed by atoms with E-state index in [1.165, 1.54) is 0 Å². The number of hydrogen-bond acceptors (Lipinski definition) is 3. The molecule has 82 valence electrons. The van der Waals surface area contributed by atoms with Crippen LogP contribution in [0.4, 0.5) is 0 Å². The van der Waals surface area contributed by atoms with Gasteiger partial charge < -0.3 is 4.74 Å². The maximum Gasteiger partial charge on any atom is 0.238 e. The van der Waals surface area contributed by atoms with Crippen molar-refractivity contribution < 1.29 is 9.53 Å². The first-order chi connectivity index (χ1) is 7.11. The van der Waals surface area contributed by atoms with Gasteiger partial charge in [0.05, 0.1) is 12.5 Å². The maximum atomic E-state index is 11.0. The van der Waals surface area contributed by atoms with Crippen LogP contribution in [0, 0.1) is 0 Å². The molecule has 0 radical (unpaired) electrons. The predicted molar refractivity (Wildman–Crippen MR) is 58.2 cm³/mol. The van der Waals surface area contributed by atoms with Crippen LogP contribution in [0.5, 0.6) is 5.75 Å². The van der Waals surface area contributed by atoms with Crippen LogP contribution in [0.15, 0.2) is 24.3 Å². The fourth-order valence-electron chi connectivity index (χ4n) is 1.19. The van der Waals surface area contributed by atoms with E-state index in [4.69, 9.17) is 10.6 Å². The van der Waals surface area contributed by atoms with Gasteiger partial charge in [0.1, 0.15) is 5.75 Å². The molecule has 15 heavy (non-hydrogen) atoms. The molecule has 0 aromatic heterocycles. The second-order valence-electron chi connectivity index (χ2n) is 3.55. The molecule has 0 bridgehead atoms. The van der Waals surface area contributed by atoms with Crippen LogP contribution >= 0.6 is 0 Å². The van der Waals surface area contributed by atoms with Crippen LogP contribution in [0.1, 0.15) is 19.4 Å². The van der Waals surface area contributed by atoms with Crippen molar-refractivity contribution in [2.75, 3.05) is 0 Å². The Kier molecular flexibility index (Phi) is 4.12. The van der Waals surface area contributed by atoms with Crippen LogP contribution in [0.3, 0.4) is 0 Å². The minimum atomic E-state index is -0.201. The van der Waals surface area contributed by atoms with E-state index in [-0.39, 0.29) is 12.0 Å². The number of ether oxygens (including phenoxy) is 1. The van der Waals surface area contributed by atoms with Crippen molar-refractivity contribution >= 4 is 5.91 Å². The molecule has 0 aliphatic rings. The first-order valence-corrected chi connectivity index (χ1v) is 4.87. The van der Waals surface area contributed by atoms with Gasteiger partial charge in [0.25, 0.3) is 0 Å². The highest BCUT2D eigenvalue weighted by Gasteiger charge is 2.02. The average Bonchev–Trinajstić information content (AvgIpc) is 2.20. The van der Waals surface area contributed by atoms with E-state index in [0.29, 0.717) is 6.42 Å². The topological polar surface area (TPSA) is 64.3 Å². The molecule has 1 aromatic rings. The number of hydrogen-bond donors (Lipinski definition) is 2. The summed E-state index contributed by atoms with van der Waals surface area (Å²) in [4.78, 5) is 11.0. The second kappa shape index (κ2) is 5.36. The third kappa shape index (κ3) is 3.99. The molecule has 0 aliphatic heterocycles. The summed E-state index contributed by atoms with van der Waals surface area (Å²) in [6.45, 7) is 3.94. The van der Waals surface area contributed by atoms with Crippen molar-refractivity contribution in [2.45, 2.75) is 26.4 Å². The average molecular weight is 208 g/mol. The molecule has 0 fully saturated rings. The molecule has 1 aromatic carbocycles. The maximum absolute atomic E-state index is 11.0. The van der Waals surface area contributed by atoms with Gasteiger partial charge in [0, 0.05) is 0 Å². The summed E-state index contributed by atoms with van der Waals surface area (Å²) < 4.78 is 5.48. The molecule has 0 aliphatic carbocycles. The van der Waals surface area contributed by atoms with Crippen molar-refractivity contribution in [3.8, 4) is 5.75 Å². The van der Waals surface area contributed by atoms with Crippen molar-refractivity contribution in [1.29, 1.82) is 0 Å². The van der Waals surface area contributed by atoms with E-state index >= 15 is 0 Å². The Balaban J connectivity index is 2.60. The number of carbonyl (C=O) groups excluding carboxylic acids is 1. The Bertz CT molecular complexity index is 320. The lowest BCUT2D eigenvalue weighted by molar-refractivity contribution is -0.120. The van der Waals surface area contributed by atoms with Crippen molar-refractivity contribution in [1.82, 2.24) is 5.43 Å². The van der Waals surface area contributed by atoms with Crippen molar-refractivity contribution in [3.63, 3.8) is 0 Å². The highest BCUT2D eigenvalue weighted by atomic mass is 16.5. The van der Waals surface area contributed by atoms with E-state index in [9.17, 15) is 4.79 Å². The number of nitrogens with one attached hydrogen (secondary N) is 1. The van der Waals surface area contributed by atoms with Crippen LogP contribution < -0.4 is 16.0 Å². The molecular weight excluding hydrogens is 192 g/mol. The molecule has 0 atom stereocenters. The van der Waals surface area contributed by atoms with Gasteiger partial charge in [0.15, 0.2) is 0 Å². The SMILES string of the molecule is CC(C)Oc1ccc(CC(=O)NN)cc1. The molecule has 1 amide bonds. The Morgan fingerprint density at radius 3 is 2.47 bits per heavy atom. The smallest absolute Gasteiger partial charge is 0.238 e. The number of rotatable bonds is 4. The third-order valence-corrected chi connectivity index (χ3v) is 1.82. The summed E-state index contributed by atoms with van der Waals surface area (Å²) in [5.41, 5.74) is 3.00. The van der Waals surface area contributed by atoms with Gasteiger partial charge in [-0.05, 0) is 31.5 Å². The van der Waals surface area contributed by atoms with Gasteiger partial charge >= 0.3 is 0 Å². The number of hydrazine groups is 1. The van der Waals surface area contributed by atoms with E-state index in [1.54, 1.807) is 0 Å². The fraction of sp³-hybridized carbons (Fsp3) is 0.364. The van der Waals surface area contributed by atoms with Crippen molar-refractivity contribution in [2.24, 2.45) is 5.84 Å². The van der Waals surface area contributed by atoms with Crippen LogP contribution in [0.25, 0.3) is 0 Å². The molecule has 4 heteroatoms. The Labute approximate surface area is 89.4 Å². The lowest BCUT2D eigenvalue weighted by atomic mass is 10.1. The van der Waals surface area contributed by atoms with Gasteiger partial charge in [-0.2, -0.15) is 0 Å². The molecule has 0 unspecified atom stereocenters. The lowest BCUT2D eigenvalue weighted by Crippen LogP contribution is -2.31. The van der Waals surface area contributed by atoms with Crippen LogP contribution in [0.2, 0.25) is 0 Å². The first kappa shape index (κ1) is 11.5. The number of benzene rings is 1. The molecule has 0 saturated heterocycles. The van der Waals surface area contributed by atoms with Gasteiger partial charge in [-0.1, -0.05) is 12.1 Å². The summed E-state index contributed by atoms with van der Waals surface area (Å²) in [6, 6.07) is 7.40. The fourth-order valence-corrected chi connectivity index (χ4v) is 1.19. The number of amides is 1. The van der Waals surface area contributed by atoms with E-state index < -0.39 is 0 Å². The van der Waals surface area contributed by atoms with Crippen molar-refractivity contribution in [3.05, 3.63) is 29.8 Å². The molecule has 4 nitrogen and oxygen atoms in total. The summed E-state index contributed by atoms with van der Waals surface area (Å²) in [5, 5.41) is 0. The Morgan fingerprint density at radius 2 is 2.00 bits per heavy atom. The largest absolute Gasteiger partial charge is 0.491 e. The number of nitrogens with two attached hydrogens (primary N) is 1. The minimum absolute atomic E-state index is 0.156. The summed E-state index contributed by atoms with van der Waals surface area (Å²) in [5.74, 6) is 5.60. The van der Waals surface area contributed by atoms with Crippen LogP contribution in [-0.4, -0.2) is 12.0 Å². The van der Waals surface area contributed by atoms with Crippen LogP contribution in [-0.2, 0) is 11.2 Å². The third-order valence-electron chi connectivity index (χ3n) is 1.82. The summed E-state index contributed by atoms with van der Waals surface area (Å²) >= 11 is 0. The molecule has 0 saturated carbocycles. The molecule has 3 N–H and O–H groups in total. The lowest BCUT2D eigenvalue weighted by Gasteiger charge is -2.09. The van der Waals surface area contributed by atoms with Gasteiger partial charge in [-0.25, -0.2) is 5.84 Å². The van der Waals surface area contributed by atoms with Gasteiger partial charge in [0.2, 0.25) is 5.91 Å². The Hall–Kier alpha value is -1.55. The molecule has 1 rings (SSSR count). The van der Waals surface area contributed by atoms with E-state index in [1.807, 2.05) is 38.1 Å². The normalized spacial score (nSPS) is 10.1. The first-order valence-electron chi connectivity index (χ1n) is 4.87. The zero-order valence-electron chi connectivity index (χ0n) is 8.99. The van der Waals surface area contributed by atoms with E-state index in [2.05, 4.69) is 5.43 Å². The Morgan fingerprint density at radius 1 is 1.40 bits per heavy atom.